The number of nitrogens with one attached hydrogen (secondary N) is 1. The van der Waals surface area contributed by atoms with Gasteiger partial charge in [0.15, 0.2) is 0 Å². The molecule has 2 atom stereocenters. The molecule has 0 aliphatic carbocycles. The number of hydrogen-bond acceptors (Lipinski definition) is 3. The Kier molecular flexibility index (Phi) is 5.45. The predicted molar refractivity (Wildman–Crippen MR) is 69.5 cm³/mol. The fourth-order valence-corrected chi connectivity index (χ4v) is 2.24. The first-order valence-corrected chi connectivity index (χ1v) is 5.64. The third-order valence-corrected chi connectivity index (χ3v) is 3.13. The molecule has 3 nitrogen and oxygen atoms in total. The minimum Gasteiger partial charge on any atom is -0.469 e. The molecule has 1 N–H and O–H groups in total. The third-order valence-electron chi connectivity index (χ3n) is 3.13. The van der Waals surface area contributed by atoms with Crippen LogP contribution < -0.4 is 5.32 Å². The lowest BCUT2D eigenvalue weighted by molar-refractivity contribution is -0.141. The van der Waals surface area contributed by atoms with Crippen molar-refractivity contribution >= 4 is 18.4 Å². The highest BCUT2D eigenvalue weighted by molar-refractivity contribution is 5.85. The first-order chi connectivity index (χ1) is 7.79. The highest BCUT2D eigenvalue weighted by Crippen LogP contribution is 2.26. The maximum atomic E-state index is 11.1. The Morgan fingerprint density at radius 1 is 1.41 bits per heavy atom. The van der Waals surface area contributed by atoms with Crippen molar-refractivity contribution in [2.24, 2.45) is 0 Å². The maximum absolute atomic E-state index is 11.1. The Labute approximate surface area is 108 Å². The van der Waals surface area contributed by atoms with Gasteiger partial charge in [0.05, 0.1) is 13.5 Å². The minimum absolute atomic E-state index is 0. The van der Waals surface area contributed by atoms with E-state index in [1.807, 2.05) is 6.07 Å². The summed E-state index contributed by atoms with van der Waals surface area (Å²) in [6.45, 7) is 0.950. The van der Waals surface area contributed by atoms with E-state index in [0.717, 1.165) is 13.0 Å². The van der Waals surface area contributed by atoms with Crippen molar-refractivity contribution in [2.75, 3.05) is 13.7 Å². The number of hydrogen-bond donors (Lipinski definition) is 1. The molecule has 94 valence electrons. The van der Waals surface area contributed by atoms with Crippen molar-refractivity contribution in [3.8, 4) is 0 Å². The molecule has 1 aromatic rings. The Morgan fingerprint density at radius 2 is 2.12 bits per heavy atom. The van der Waals surface area contributed by atoms with Crippen molar-refractivity contribution in [3.05, 3.63) is 35.9 Å². The average Bonchev–Trinajstić information content (AvgIpc) is 2.78. The lowest BCUT2D eigenvalue weighted by Gasteiger charge is -2.09. The summed E-state index contributed by atoms with van der Waals surface area (Å²) in [6.07, 6.45) is 1.49. The van der Waals surface area contributed by atoms with E-state index in [2.05, 4.69) is 34.3 Å². The Bertz CT molecular complexity index is 356. The van der Waals surface area contributed by atoms with Crippen LogP contribution in [0.1, 0.15) is 24.3 Å². The standard InChI is InChI=1S/C13H17NO2.ClH/c1-16-13(15)8-12-7-11(9-14-12)10-5-3-2-4-6-10;/h2-6,11-12,14H,7-9H2,1H3;1H/t11-,12+;/m0./s1. The van der Waals surface area contributed by atoms with Crippen molar-refractivity contribution in [1.82, 2.24) is 5.32 Å². The van der Waals surface area contributed by atoms with Crippen LogP contribution in [0.5, 0.6) is 0 Å². The Balaban J connectivity index is 0.00000144. The van der Waals surface area contributed by atoms with Gasteiger partial charge in [-0.1, -0.05) is 30.3 Å². The first-order valence-electron chi connectivity index (χ1n) is 5.64. The Hall–Kier alpha value is -1.06. The van der Waals surface area contributed by atoms with Gasteiger partial charge in [-0.3, -0.25) is 4.79 Å². The minimum atomic E-state index is -0.133. The number of rotatable bonds is 3. The van der Waals surface area contributed by atoms with Gasteiger partial charge in [0, 0.05) is 12.6 Å². The number of halogens is 1. The molecule has 17 heavy (non-hydrogen) atoms. The molecule has 4 heteroatoms. The van der Waals surface area contributed by atoms with Crippen LogP contribution in [0.3, 0.4) is 0 Å². The molecule has 0 radical (unpaired) electrons. The second kappa shape index (κ2) is 6.62. The average molecular weight is 256 g/mol. The van der Waals surface area contributed by atoms with E-state index in [4.69, 9.17) is 0 Å². The predicted octanol–water partition coefficient (Wildman–Crippen LogP) is 2.12. The van der Waals surface area contributed by atoms with Crippen molar-refractivity contribution in [3.63, 3.8) is 0 Å². The lowest BCUT2D eigenvalue weighted by Crippen LogP contribution is -2.24. The third kappa shape index (κ3) is 3.72. The van der Waals surface area contributed by atoms with Gasteiger partial charge in [0.25, 0.3) is 0 Å². The van der Waals surface area contributed by atoms with Crippen LogP contribution >= 0.6 is 12.4 Å². The smallest absolute Gasteiger partial charge is 0.307 e. The molecule has 1 saturated heterocycles. The summed E-state index contributed by atoms with van der Waals surface area (Å²) in [5, 5.41) is 3.37. The zero-order valence-electron chi connectivity index (χ0n) is 9.89. The zero-order valence-corrected chi connectivity index (χ0v) is 10.7. The Morgan fingerprint density at radius 3 is 2.76 bits per heavy atom. The quantitative estimate of drug-likeness (QED) is 0.841. The molecular weight excluding hydrogens is 238 g/mol. The van der Waals surface area contributed by atoms with Crippen LogP contribution in [0.25, 0.3) is 0 Å². The summed E-state index contributed by atoms with van der Waals surface area (Å²) in [6, 6.07) is 10.7. The molecule has 1 heterocycles. The van der Waals surface area contributed by atoms with Crippen LogP contribution in [-0.2, 0) is 9.53 Å². The molecule has 0 amide bonds. The molecule has 1 aromatic carbocycles. The maximum Gasteiger partial charge on any atom is 0.307 e. The van der Waals surface area contributed by atoms with Gasteiger partial charge in [0.1, 0.15) is 0 Å². The van der Waals surface area contributed by atoms with E-state index in [1.54, 1.807) is 0 Å². The van der Waals surface area contributed by atoms with E-state index < -0.39 is 0 Å². The van der Waals surface area contributed by atoms with Crippen molar-refractivity contribution in [1.29, 1.82) is 0 Å². The highest BCUT2D eigenvalue weighted by atomic mass is 35.5. The molecule has 1 aliphatic rings. The molecule has 0 bridgehead atoms. The van der Waals surface area contributed by atoms with Crippen molar-refractivity contribution < 1.29 is 9.53 Å². The molecule has 2 rings (SSSR count). The molecular formula is C13H18ClNO2. The summed E-state index contributed by atoms with van der Waals surface area (Å²) >= 11 is 0. The summed E-state index contributed by atoms with van der Waals surface area (Å²) in [4.78, 5) is 11.1. The van der Waals surface area contributed by atoms with Gasteiger partial charge in [-0.2, -0.15) is 0 Å². The zero-order chi connectivity index (χ0) is 11.4. The number of carbonyl (C=O) groups is 1. The van der Waals surface area contributed by atoms with Crippen LogP contribution in [0, 0.1) is 0 Å². The second-order valence-corrected chi connectivity index (χ2v) is 4.23. The van der Waals surface area contributed by atoms with Gasteiger partial charge >= 0.3 is 5.97 Å². The molecule has 1 fully saturated rings. The lowest BCUT2D eigenvalue weighted by atomic mass is 9.95. The largest absolute Gasteiger partial charge is 0.469 e. The highest BCUT2D eigenvalue weighted by Gasteiger charge is 2.26. The van der Waals surface area contributed by atoms with Gasteiger partial charge in [-0.25, -0.2) is 0 Å². The monoisotopic (exact) mass is 255 g/mol. The number of benzene rings is 1. The fourth-order valence-electron chi connectivity index (χ4n) is 2.24. The summed E-state index contributed by atoms with van der Waals surface area (Å²) in [7, 11) is 1.44. The molecule has 0 unspecified atom stereocenters. The number of methoxy groups -OCH3 is 1. The summed E-state index contributed by atoms with van der Waals surface area (Å²) in [5.74, 6) is 0.391. The molecule has 1 aliphatic heterocycles. The number of carbonyl (C=O) groups excluding carboxylic acids is 1. The topological polar surface area (TPSA) is 38.3 Å². The molecule has 0 aromatic heterocycles. The number of ether oxygens (including phenoxy) is 1. The fraction of sp³-hybridized carbons (Fsp3) is 0.462. The van der Waals surface area contributed by atoms with Crippen LogP contribution in [0.2, 0.25) is 0 Å². The second-order valence-electron chi connectivity index (χ2n) is 4.23. The van der Waals surface area contributed by atoms with E-state index in [0.29, 0.717) is 12.3 Å². The van der Waals surface area contributed by atoms with E-state index in [1.165, 1.54) is 12.7 Å². The van der Waals surface area contributed by atoms with Gasteiger partial charge in [-0.05, 0) is 17.9 Å². The first kappa shape index (κ1) is 14.0. The van der Waals surface area contributed by atoms with E-state index in [-0.39, 0.29) is 24.4 Å². The van der Waals surface area contributed by atoms with Crippen LogP contribution in [0.4, 0.5) is 0 Å². The SMILES string of the molecule is COC(=O)C[C@H]1C[C@H](c2ccccc2)CN1.Cl. The van der Waals surface area contributed by atoms with Gasteiger partial charge < -0.3 is 10.1 Å². The number of esters is 1. The van der Waals surface area contributed by atoms with E-state index >= 15 is 0 Å². The summed E-state index contributed by atoms with van der Waals surface area (Å²) in [5.41, 5.74) is 1.35. The van der Waals surface area contributed by atoms with Crippen molar-refractivity contribution in [2.45, 2.75) is 24.8 Å². The van der Waals surface area contributed by atoms with Crippen LogP contribution in [-0.4, -0.2) is 25.7 Å². The normalized spacial score (nSPS) is 22.9. The molecule has 0 spiro atoms. The summed E-state index contributed by atoms with van der Waals surface area (Å²) < 4.78 is 4.67. The molecule has 0 saturated carbocycles. The van der Waals surface area contributed by atoms with E-state index in [9.17, 15) is 4.79 Å². The van der Waals surface area contributed by atoms with Gasteiger partial charge in [-0.15, -0.1) is 12.4 Å². The van der Waals surface area contributed by atoms with Gasteiger partial charge in [0.2, 0.25) is 0 Å². The van der Waals surface area contributed by atoms with Crippen LogP contribution in [0.15, 0.2) is 30.3 Å².